The lowest BCUT2D eigenvalue weighted by molar-refractivity contribution is -0.145. The first-order valence-corrected chi connectivity index (χ1v) is 26.3. The number of alkyl halides is 1. The van der Waals surface area contributed by atoms with Crippen molar-refractivity contribution in [2.24, 2.45) is 5.92 Å². The van der Waals surface area contributed by atoms with Crippen LogP contribution in [0.15, 0.2) is 54.9 Å². The van der Waals surface area contributed by atoms with Gasteiger partial charge in [0.1, 0.15) is 6.73 Å². The number of aromatic nitrogens is 5. The fourth-order valence-corrected chi connectivity index (χ4v) is 8.51. The Morgan fingerprint density at radius 2 is 1.62 bits per heavy atom. The van der Waals surface area contributed by atoms with Gasteiger partial charge in [0, 0.05) is 57.5 Å². The minimum absolute atomic E-state index is 0.0567. The molecular formula is C40H54FN5O5Si2. The Bertz CT molecular complexity index is 2010. The molecule has 0 saturated heterocycles. The van der Waals surface area contributed by atoms with Crippen molar-refractivity contribution in [3.05, 3.63) is 60.6 Å². The highest BCUT2D eigenvalue weighted by atomic mass is 28.3. The van der Waals surface area contributed by atoms with Gasteiger partial charge in [-0.1, -0.05) is 75.7 Å². The highest BCUT2D eigenvalue weighted by Gasteiger charge is 2.36. The zero-order valence-electron chi connectivity index (χ0n) is 32.2. The predicted molar refractivity (Wildman–Crippen MR) is 213 cm³/mol. The molecule has 10 nitrogen and oxygen atoms in total. The van der Waals surface area contributed by atoms with E-state index in [1.165, 1.54) is 0 Å². The Hall–Kier alpha value is -4.08. The molecule has 13 heteroatoms. The summed E-state index contributed by atoms with van der Waals surface area (Å²) in [4.78, 5) is 21.7. The first-order chi connectivity index (χ1) is 25.3. The van der Waals surface area contributed by atoms with Gasteiger partial charge in [0.05, 0.1) is 36.2 Å². The first kappa shape index (κ1) is 38.6. The molecule has 0 bridgehead atoms. The smallest absolute Gasteiger partial charge is 0.338 e. The van der Waals surface area contributed by atoms with Crippen LogP contribution >= 0.6 is 0 Å². The molecule has 284 valence electrons. The van der Waals surface area contributed by atoms with Crippen LogP contribution in [-0.2, 0) is 16.3 Å². The molecular weight excluding hydrogens is 706 g/mol. The Balaban J connectivity index is 1.53. The molecule has 0 aliphatic heterocycles. The summed E-state index contributed by atoms with van der Waals surface area (Å²) in [5, 5.41) is 15.2. The summed E-state index contributed by atoms with van der Waals surface area (Å²) < 4.78 is 38.2. The number of ether oxygens (including phenoxy) is 3. The van der Waals surface area contributed by atoms with Crippen LogP contribution in [-0.4, -0.2) is 77.4 Å². The molecule has 1 unspecified atom stereocenters. The maximum atomic E-state index is 14.7. The van der Waals surface area contributed by atoms with Gasteiger partial charge in [-0.3, -0.25) is 9.55 Å². The Kier molecular flexibility index (Phi) is 11.7. The lowest BCUT2D eigenvalue weighted by Gasteiger charge is -2.29. The third kappa shape index (κ3) is 8.84. The van der Waals surface area contributed by atoms with E-state index in [1.807, 2.05) is 70.9 Å². The number of carboxylic acid groups (broad SMARTS) is 1. The van der Waals surface area contributed by atoms with Gasteiger partial charge in [-0.2, -0.15) is 9.61 Å². The zero-order chi connectivity index (χ0) is 37.9. The minimum atomic E-state index is -1.88. The van der Waals surface area contributed by atoms with Crippen LogP contribution in [0, 0.1) is 5.92 Å². The second kappa shape index (κ2) is 16.1. The normalized spacial score (nSPS) is 17.4. The fourth-order valence-electron chi connectivity index (χ4n) is 7.04. The Labute approximate surface area is 313 Å². The molecule has 5 aromatic rings. The summed E-state index contributed by atoms with van der Waals surface area (Å²) in [5.41, 5.74) is 5.87. The molecule has 1 aliphatic carbocycles. The van der Waals surface area contributed by atoms with Gasteiger partial charge in [0.15, 0.2) is 23.2 Å². The second-order valence-electron chi connectivity index (χ2n) is 16.6. The molecule has 1 fully saturated rings. The molecule has 1 aromatic carbocycles. The van der Waals surface area contributed by atoms with Crippen molar-refractivity contribution in [2.45, 2.75) is 103 Å². The fraction of sp³-hybridized carbons (Fsp3) is 0.500. The van der Waals surface area contributed by atoms with Crippen LogP contribution < -0.4 is 9.47 Å². The van der Waals surface area contributed by atoms with Crippen LogP contribution in [0.2, 0.25) is 51.4 Å². The third-order valence-electron chi connectivity index (χ3n) is 10.1. The zero-order valence-corrected chi connectivity index (χ0v) is 34.2. The van der Waals surface area contributed by atoms with Gasteiger partial charge in [-0.05, 0) is 50.8 Å². The number of carboxylic acids is 1. The van der Waals surface area contributed by atoms with Crippen molar-refractivity contribution in [3.8, 4) is 34.0 Å². The van der Waals surface area contributed by atoms with Crippen LogP contribution in [0.25, 0.3) is 39.1 Å². The van der Waals surface area contributed by atoms with E-state index in [9.17, 15) is 14.3 Å². The van der Waals surface area contributed by atoms with Crippen molar-refractivity contribution >= 4 is 38.8 Å². The summed E-state index contributed by atoms with van der Waals surface area (Å²) in [7, 11) is -2.78. The van der Waals surface area contributed by atoms with Crippen LogP contribution in [0.5, 0.6) is 11.6 Å². The van der Waals surface area contributed by atoms with Crippen molar-refractivity contribution in [3.63, 3.8) is 0 Å². The number of halogens is 1. The minimum Gasteiger partial charge on any atom is -0.488 e. The average Bonchev–Trinajstić information content (AvgIpc) is 3.68. The maximum Gasteiger partial charge on any atom is 0.338 e. The molecule has 1 atom stereocenters. The van der Waals surface area contributed by atoms with Crippen molar-refractivity contribution in [1.82, 2.24) is 24.1 Å². The van der Waals surface area contributed by atoms with Crippen molar-refractivity contribution < 1.29 is 28.5 Å². The molecule has 4 aromatic heterocycles. The van der Waals surface area contributed by atoms with E-state index in [2.05, 4.69) is 39.3 Å². The quantitative estimate of drug-likeness (QED) is 0.0782. The first-order valence-electron chi connectivity index (χ1n) is 18.9. The Morgan fingerprint density at radius 1 is 0.925 bits per heavy atom. The van der Waals surface area contributed by atoms with Gasteiger partial charge in [-0.15, -0.1) is 0 Å². The van der Waals surface area contributed by atoms with Gasteiger partial charge < -0.3 is 19.3 Å². The van der Waals surface area contributed by atoms with E-state index >= 15 is 0 Å². The Morgan fingerprint density at radius 3 is 2.25 bits per heavy atom. The number of rotatable bonds is 16. The van der Waals surface area contributed by atoms with Crippen molar-refractivity contribution in [2.75, 3.05) is 19.8 Å². The van der Waals surface area contributed by atoms with Gasteiger partial charge in [0.25, 0.3) is 0 Å². The standard InChI is InChI=1S/C40H54FN5O5Si2/c1-8-50-36-33-35(29-16-14-28(15-17-29)34(41)40(47)48)44-37-31(30-18-19-32(42-24-30)27-12-10-9-11-13-27)25-43-46(37)38(33)45(26-49-20-22-52(2,3)4)39(36)51-21-23-53(5,6)7/h9-13,18-19,24-25,28-29,34H,8,14-17,20-23,26H2,1-7H3,(H,47,48). The molecule has 6 rings (SSSR count). The van der Waals surface area contributed by atoms with E-state index < -0.39 is 34.2 Å². The van der Waals surface area contributed by atoms with Crippen molar-refractivity contribution in [1.29, 1.82) is 0 Å². The molecule has 0 amide bonds. The molecule has 0 radical (unpaired) electrons. The molecule has 53 heavy (non-hydrogen) atoms. The lowest BCUT2D eigenvalue weighted by atomic mass is 9.78. The SMILES string of the molecule is CCOc1c(OCC[Si](C)(C)C)n(COCC[Si](C)(C)C)c2c1c(C1CCC(C(F)C(=O)O)CC1)nc1c(-c3ccc(-c4ccccc4)nc3)cnn12. The van der Waals surface area contributed by atoms with Gasteiger partial charge >= 0.3 is 5.97 Å². The second-order valence-corrected chi connectivity index (χ2v) is 27.9. The average molecular weight is 760 g/mol. The number of pyridine rings is 1. The summed E-state index contributed by atoms with van der Waals surface area (Å²) >= 11 is 0. The number of nitrogens with zero attached hydrogens (tertiary/aromatic N) is 5. The van der Waals surface area contributed by atoms with E-state index in [4.69, 9.17) is 29.3 Å². The molecule has 1 N–H and O–H groups in total. The summed E-state index contributed by atoms with van der Waals surface area (Å²) in [6, 6.07) is 16.1. The highest BCUT2D eigenvalue weighted by molar-refractivity contribution is 6.76. The summed E-state index contributed by atoms with van der Waals surface area (Å²) in [5.74, 6) is -0.773. The number of benzene rings is 1. The number of hydrogen-bond acceptors (Lipinski definition) is 7. The molecule has 1 aliphatic rings. The van der Waals surface area contributed by atoms with E-state index in [0.29, 0.717) is 62.8 Å². The largest absolute Gasteiger partial charge is 0.488 e. The number of hydrogen-bond donors (Lipinski definition) is 1. The van der Waals surface area contributed by atoms with Crippen LogP contribution in [0.1, 0.15) is 44.2 Å². The van der Waals surface area contributed by atoms with Crippen LogP contribution in [0.4, 0.5) is 4.39 Å². The highest BCUT2D eigenvalue weighted by Crippen LogP contribution is 2.47. The monoisotopic (exact) mass is 759 g/mol. The summed E-state index contributed by atoms with van der Waals surface area (Å²) in [6.45, 7) is 17.8. The summed E-state index contributed by atoms with van der Waals surface area (Å²) in [6.07, 6.45) is 3.92. The molecule has 4 heterocycles. The van der Waals surface area contributed by atoms with E-state index in [0.717, 1.165) is 51.2 Å². The van der Waals surface area contributed by atoms with Gasteiger partial charge in [-0.25, -0.2) is 14.2 Å². The number of aliphatic carboxylic acids is 1. The van der Waals surface area contributed by atoms with Gasteiger partial charge in [0.2, 0.25) is 5.88 Å². The van der Waals surface area contributed by atoms with Crippen LogP contribution in [0.3, 0.4) is 0 Å². The predicted octanol–water partition coefficient (Wildman–Crippen LogP) is 9.54. The topological polar surface area (TPSA) is 113 Å². The number of fused-ring (bicyclic) bond motifs is 3. The van der Waals surface area contributed by atoms with E-state index in [-0.39, 0.29) is 12.6 Å². The maximum absolute atomic E-state index is 14.7. The third-order valence-corrected chi connectivity index (χ3v) is 13.5. The number of carbonyl (C=O) groups is 1. The lowest BCUT2D eigenvalue weighted by Crippen LogP contribution is -2.28. The van der Waals surface area contributed by atoms with E-state index in [1.54, 1.807) is 0 Å². The molecule has 0 spiro atoms. The molecule has 1 saturated carbocycles.